The quantitative estimate of drug-likeness (QED) is 0.0768. The fraction of sp³-hybridized carbons (Fsp3) is 0.571. The molecule has 1 saturated heterocycles. The number of aryl methyl sites for hydroxylation is 1. The number of esters is 3. The number of benzene rings is 1. The van der Waals surface area contributed by atoms with Gasteiger partial charge in [-0.05, 0) is 24.6 Å². The highest BCUT2D eigenvalue weighted by molar-refractivity contribution is 7.86. The largest absolute Gasteiger partial charge is 0.456 e. The number of rotatable bonds is 11. The molecule has 1 aliphatic heterocycles. The highest BCUT2D eigenvalue weighted by Crippen LogP contribution is 2.30. The highest BCUT2D eigenvalue weighted by atomic mass is 32.2. The summed E-state index contributed by atoms with van der Waals surface area (Å²) < 4.78 is 57.6. The lowest BCUT2D eigenvalue weighted by Crippen LogP contribution is -2.63. The van der Waals surface area contributed by atoms with Gasteiger partial charge in [-0.25, -0.2) is 0 Å². The van der Waals surface area contributed by atoms with Gasteiger partial charge < -0.3 is 23.7 Å². The van der Waals surface area contributed by atoms with Crippen LogP contribution < -0.4 is 0 Å². The second-order valence-corrected chi connectivity index (χ2v) is 9.26. The maximum atomic E-state index is 12.7. The van der Waals surface area contributed by atoms with E-state index in [0.29, 0.717) is 0 Å². The molecule has 1 aromatic rings. The Bertz CT molecular complexity index is 1090. The fourth-order valence-electron chi connectivity index (χ4n) is 3.31. The average molecular weight is 530 g/mol. The summed E-state index contributed by atoms with van der Waals surface area (Å²) in [4.78, 5) is 37.9. The summed E-state index contributed by atoms with van der Waals surface area (Å²) in [6, 6.07) is 5.89. The smallest absolute Gasteiger partial charge is 0.303 e. The maximum absolute atomic E-state index is 12.7. The minimum absolute atomic E-state index is 0.113. The van der Waals surface area contributed by atoms with Crippen LogP contribution in [0.2, 0.25) is 0 Å². The Labute approximate surface area is 207 Å². The van der Waals surface area contributed by atoms with Gasteiger partial charge >= 0.3 is 17.9 Å². The van der Waals surface area contributed by atoms with Gasteiger partial charge in [0.15, 0.2) is 24.6 Å². The first-order valence-corrected chi connectivity index (χ1v) is 12.1. The van der Waals surface area contributed by atoms with Crippen LogP contribution >= 0.6 is 0 Å². The van der Waals surface area contributed by atoms with Crippen molar-refractivity contribution in [1.29, 1.82) is 0 Å². The first kappa shape index (κ1) is 29.0. The van der Waals surface area contributed by atoms with Gasteiger partial charge in [0.05, 0.1) is 18.1 Å². The third-order valence-electron chi connectivity index (χ3n) is 4.73. The van der Waals surface area contributed by atoms with Crippen LogP contribution in [-0.2, 0) is 52.4 Å². The van der Waals surface area contributed by atoms with Gasteiger partial charge in [0.1, 0.15) is 6.10 Å². The Balaban J connectivity index is 2.38. The molecule has 1 aromatic carbocycles. The Morgan fingerprint density at radius 3 is 2.08 bits per heavy atom. The molecule has 1 aliphatic rings. The minimum Gasteiger partial charge on any atom is -0.456 e. The number of hydrogen-bond donors (Lipinski definition) is 0. The third kappa shape index (κ3) is 8.46. The predicted octanol–water partition coefficient (Wildman–Crippen LogP) is 1.55. The molecule has 0 unspecified atom stereocenters. The van der Waals surface area contributed by atoms with Gasteiger partial charge in [-0.15, -0.1) is 0 Å². The lowest BCUT2D eigenvalue weighted by molar-refractivity contribution is -0.306. The minimum atomic E-state index is -4.25. The Kier molecular flexibility index (Phi) is 10.6. The SMILES string of the molecule is CC(=O)O[C@@H]1[C@@H](OC(C)=O)[C@H](OCCN=[N+]=[N-])O[C@H](COS(=O)(=O)c2ccc(C)cc2)[C@H]1OC(C)=O. The molecule has 0 radical (unpaired) electrons. The van der Waals surface area contributed by atoms with Gasteiger partial charge in [-0.1, -0.05) is 22.8 Å². The van der Waals surface area contributed by atoms with Crippen molar-refractivity contribution < 1.29 is 50.7 Å². The molecule has 198 valence electrons. The van der Waals surface area contributed by atoms with Crippen molar-refractivity contribution in [2.75, 3.05) is 19.8 Å². The average Bonchev–Trinajstić information content (AvgIpc) is 2.78. The second kappa shape index (κ2) is 13.2. The van der Waals surface area contributed by atoms with E-state index in [1.54, 1.807) is 19.1 Å². The summed E-state index contributed by atoms with van der Waals surface area (Å²) in [5.74, 6) is -2.41. The van der Waals surface area contributed by atoms with Gasteiger partial charge in [-0.2, -0.15) is 8.42 Å². The molecule has 0 spiro atoms. The van der Waals surface area contributed by atoms with Gasteiger partial charge in [0, 0.05) is 32.2 Å². The molecule has 0 saturated carbocycles. The predicted molar refractivity (Wildman–Crippen MR) is 120 cm³/mol. The van der Waals surface area contributed by atoms with Crippen LogP contribution in [0.25, 0.3) is 10.4 Å². The van der Waals surface area contributed by atoms with Crippen molar-refractivity contribution >= 4 is 28.0 Å². The van der Waals surface area contributed by atoms with Crippen LogP contribution in [0, 0.1) is 6.92 Å². The molecule has 1 fully saturated rings. The maximum Gasteiger partial charge on any atom is 0.303 e. The zero-order valence-corrected chi connectivity index (χ0v) is 20.9. The van der Waals surface area contributed by atoms with Gasteiger partial charge in [0.25, 0.3) is 10.1 Å². The van der Waals surface area contributed by atoms with E-state index in [2.05, 4.69) is 10.0 Å². The molecule has 2 rings (SSSR count). The van der Waals surface area contributed by atoms with Crippen LogP contribution in [0.4, 0.5) is 0 Å². The molecular weight excluding hydrogens is 502 g/mol. The van der Waals surface area contributed by atoms with E-state index in [1.165, 1.54) is 12.1 Å². The lowest BCUT2D eigenvalue weighted by atomic mass is 9.98. The molecule has 0 N–H and O–H groups in total. The van der Waals surface area contributed by atoms with E-state index in [1.807, 2.05) is 0 Å². The van der Waals surface area contributed by atoms with Crippen LogP contribution in [0.5, 0.6) is 0 Å². The van der Waals surface area contributed by atoms with E-state index in [4.69, 9.17) is 33.4 Å². The van der Waals surface area contributed by atoms with Gasteiger partial charge in [0.2, 0.25) is 0 Å². The zero-order valence-electron chi connectivity index (χ0n) is 20.1. The molecule has 1 heterocycles. The third-order valence-corrected chi connectivity index (χ3v) is 6.03. The van der Waals surface area contributed by atoms with E-state index < -0.39 is 65.3 Å². The van der Waals surface area contributed by atoms with E-state index in [0.717, 1.165) is 26.3 Å². The van der Waals surface area contributed by atoms with Crippen molar-refractivity contribution in [3.63, 3.8) is 0 Å². The van der Waals surface area contributed by atoms with Crippen molar-refractivity contribution in [2.45, 2.75) is 63.3 Å². The van der Waals surface area contributed by atoms with Crippen molar-refractivity contribution in [2.24, 2.45) is 5.11 Å². The Morgan fingerprint density at radius 1 is 0.972 bits per heavy atom. The van der Waals surface area contributed by atoms with Gasteiger partial charge in [-0.3, -0.25) is 18.6 Å². The summed E-state index contributed by atoms with van der Waals surface area (Å²) in [5, 5.41) is 3.32. The summed E-state index contributed by atoms with van der Waals surface area (Å²) >= 11 is 0. The number of nitrogens with zero attached hydrogens (tertiary/aromatic N) is 3. The standard InChI is InChI=1S/C21H27N3O11S/c1-12-5-7-16(8-6-12)36(28,29)31-11-17-18(32-13(2)25)19(33-14(3)26)20(34-15(4)27)21(35-17)30-10-9-23-24-22/h5-8,17-21H,9-11H2,1-4H3/t17-,18-,19+,20-,21-/m1/s1. The van der Waals surface area contributed by atoms with E-state index in [-0.39, 0.29) is 18.0 Å². The van der Waals surface area contributed by atoms with Crippen molar-refractivity contribution in [3.8, 4) is 0 Å². The number of ether oxygens (including phenoxy) is 5. The molecule has 0 amide bonds. The topological polar surface area (TPSA) is 189 Å². The first-order chi connectivity index (χ1) is 16.9. The van der Waals surface area contributed by atoms with Crippen molar-refractivity contribution in [1.82, 2.24) is 0 Å². The molecular formula is C21H27N3O11S. The van der Waals surface area contributed by atoms with Crippen molar-refractivity contribution in [3.05, 3.63) is 40.3 Å². The van der Waals surface area contributed by atoms with Crippen LogP contribution in [0.1, 0.15) is 26.3 Å². The summed E-state index contributed by atoms with van der Waals surface area (Å²) in [6.07, 6.45) is -7.04. The normalized spacial score (nSPS) is 23.7. The molecule has 15 heteroatoms. The molecule has 0 aliphatic carbocycles. The highest BCUT2D eigenvalue weighted by Gasteiger charge is 2.52. The molecule has 14 nitrogen and oxygen atoms in total. The molecule has 5 atom stereocenters. The monoisotopic (exact) mass is 529 g/mol. The molecule has 0 bridgehead atoms. The Morgan fingerprint density at radius 2 is 1.53 bits per heavy atom. The zero-order chi connectivity index (χ0) is 26.9. The number of carbonyl (C=O) groups is 3. The lowest BCUT2D eigenvalue weighted by Gasteiger charge is -2.44. The molecule has 0 aromatic heterocycles. The summed E-state index contributed by atoms with van der Waals surface area (Å²) in [7, 11) is -4.25. The number of hydrogen-bond acceptors (Lipinski definition) is 12. The second-order valence-electron chi connectivity index (χ2n) is 7.64. The molecule has 36 heavy (non-hydrogen) atoms. The van der Waals surface area contributed by atoms with Crippen LogP contribution in [0.3, 0.4) is 0 Å². The van der Waals surface area contributed by atoms with E-state index >= 15 is 0 Å². The van der Waals surface area contributed by atoms with E-state index in [9.17, 15) is 22.8 Å². The van der Waals surface area contributed by atoms with Crippen LogP contribution in [-0.4, -0.2) is 76.8 Å². The fourth-order valence-corrected chi connectivity index (χ4v) is 4.23. The number of azide groups is 1. The Hall–Kier alpha value is -3.23. The number of carbonyl (C=O) groups excluding carboxylic acids is 3. The summed E-state index contributed by atoms with van der Waals surface area (Å²) in [6.45, 7) is 4.06. The summed E-state index contributed by atoms with van der Waals surface area (Å²) in [5.41, 5.74) is 9.29. The van der Waals surface area contributed by atoms with Crippen LogP contribution in [0.15, 0.2) is 34.3 Å². The first-order valence-electron chi connectivity index (χ1n) is 10.7.